The first-order valence-electron chi connectivity index (χ1n) is 7.40. The van der Waals surface area contributed by atoms with Gasteiger partial charge in [0.15, 0.2) is 0 Å². The van der Waals surface area contributed by atoms with E-state index < -0.39 is 6.04 Å². The van der Waals surface area contributed by atoms with Gasteiger partial charge in [-0.2, -0.15) is 5.10 Å². The molecule has 0 aliphatic rings. The van der Waals surface area contributed by atoms with Crippen LogP contribution in [-0.2, 0) is 4.79 Å². The maximum Gasteiger partial charge on any atom is 0.262 e. The molecule has 0 aliphatic carbocycles. The largest absolute Gasteiger partial charge is 0.496 e. The lowest BCUT2D eigenvalue weighted by molar-refractivity contribution is -0.121. The number of hydrazone groups is 1. The number of nitrogens with one attached hydrogen (secondary N) is 2. The third-order valence-electron chi connectivity index (χ3n) is 3.43. The highest BCUT2D eigenvalue weighted by Crippen LogP contribution is 2.15. The predicted octanol–water partition coefficient (Wildman–Crippen LogP) is 2.95. The summed E-state index contributed by atoms with van der Waals surface area (Å²) in [6, 6.07) is 14.9. The van der Waals surface area contributed by atoms with Crippen LogP contribution in [0.1, 0.15) is 18.1 Å². The van der Waals surface area contributed by atoms with Crippen molar-refractivity contribution in [3.8, 4) is 5.75 Å². The van der Waals surface area contributed by atoms with E-state index in [1.54, 1.807) is 20.2 Å². The topological polar surface area (TPSA) is 62.7 Å². The molecule has 2 rings (SSSR count). The number of aryl methyl sites for hydroxylation is 1. The van der Waals surface area contributed by atoms with E-state index in [-0.39, 0.29) is 5.91 Å². The van der Waals surface area contributed by atoms with Gasteiger partial charge in [0.1, 0.15) is 11.8 Å². The summed E-state index contributed by atoms with van der Waals surface area (Å²) in [5.41, 5.74) is 5.36. The molecule has 120 valence electrons. The Hall–Kier alpha value is -2.82. The molecule has 0 bridgehead atoms. The van der Waals surface area contributed by atoms with Crippen LogP contribution in [0.25, 0.3) is 0 Å². The van der Waals surface area contributed by atoms with Crippen LogP contribution in [0.5, 0.6) is 5.75 Å². The average Bonchev–Trinajstić information content (AvgIpc) is 2.57. The standard InChI is InChI=1S/C18H21N3O2/c1-13-8-4-6-10-16(13)20-14(2)18(22)21-19-12-15-9-5-7-11-17(15)23-3/h4-12,14,20H,1-3H3,(H,21,22)/b19-12-/t14-/m1/s1. The third-order valence-corrected chi connectivity index (χ3v) is 3.43. The van der Waals surface area contributed by atoms with Gasteiger partial charge in [0.2, 0.25) is 0 Å². The van der Waals surface area contributed by atoms with E-state index in [2.05, 4.69) is 15.8 Å². The summed E-state index contributed by atoms with van der Waals surface area (Å²) in [4.78, 5) is 12.1. The normalized spacial score (nSPS) is 12.0. The van der Waals surface area contributed by atoms with Gasteiger partial charge in [-0.15, -0.1) is 0 Å². The summed E-state index contributed by atoms with van der Waals surface area (Å²) in [6.45, 7) is 3.78. The number of methoxy groups -OCH3 is 1. The van der Waals surface area contributed by atoms with Crippen molar-refractivity contribution in [2.45, 2.75) is 19.9 Å². The van der Waals surface area contributed by atoms with E-state index in [9.17, 15) is 4.79 Å². The molecular formula is C18H21N3O2. The van der Waals surface area contributed by atoms with Crippen molar-refractivity contribution in [3.63, 3.8) is 0 Å². The molecule has 0 saturated heterocycles. The van der Waals surface area contributed by atoms with Crippen molar-refractivity contribution < 1.29 is 9.53 Å². The lowest BCUT2D eigenvalue weighted by Gasteiger charge is -2.15. The summed E-state index contributed by atoms with van der Waals surface area (Å²) in [7, 11) is 1.60. The van der Waals surface area contributed by atoms with Gasteiger partial charge < -0.3 is 10.1 Å². The van der Waals surface area contributed by atoms with E-state index in [1.165, 1.54) is 0 Å². The number of amides is 1. The molecule has 1 amide bonds. The molecule has 1 atom stereocenters. The fraction of sp³-hybridized carbons (Fsp3) is 0.222. The molecule has 0 spiro atoms. The molecule has 0 radical (unpaired) electrons. The maximum atomic E-state index is 12.1. The number of rotatable bonds is 6. The first kappa shape index (κ1) is 16.5. The summed E-state index contributed by atoms with van der Waals surface area (Å²) < 4.78 is 5.23. The van der Waals surface area contributed by atoms with Crippen LogP contribution >= 0.6 is 0 Å². The molecule has 2 N–H and O–H groups in total. The van der Waals surface area contributed by atoms with Crippen molar-refractivity contribution in [2.24, 2.45) is 5.10 Å². The molecule has 0 fully saturated rings. The van der Waals surface area contributed by atoms with Crippen LogP contribution in [0.4, 0.5) is 5.69 Å². The Bertz CT molecular complexity index is 698. The average molecular weight is 311 g/mol. The van der Waals surface area contributed by atoms with Crippen LogP contribution < -0.4 is 15.5 Å². The van der Waals surface area contributed by atoms with Crippen molar-refractivity contribution in [1.82, 2.24) is 5.43 Å². The summed E-state index contributed by atoms with van der Waals surface area (Å²) in [6.07, 6.45) is 1.57. The quantitative estimate of drug-likeness (QED) is 0.637. The first-order valence-corrected chi connectivity index (χ1v) is 7.40. The zero-order valence-corrected chi connectivity index (χ0v) is 13.5. The molecule has 5 nitrogen and oxygen atoms in total. The van der Waals surface area contributed by atoms with E-state index >= 15 is 0 Å². The van der Waals surface area contributed by atoms with Crippen LogP contribution in [0.15, 0.2) is 53.6 Å². The maximum absolute atomic E-state index is 12.1. The number of benzene rings is 2. The Kier molecular flexibility index (Phi) is 5.74. The van der Waals surface area contributed by atoms with Crippen LogP contribution in [0.2, 0.25) is 0 Å². The highest BCUT2D eigenvalue weighted by molar-refractivity contribution is 5.87. The second kappa shape index (κ2) is 7.98. The van der Waals surface area contributed by atoms with Gasteiger partial charge in [0.25, 0.3) is 5.91 Å². The highest BCUT2D eigenvalue weighted by atomic mass is 16.5. The minimum Gasteiger partial charge on any atom is -0.496 e. The zero-order chi connectivity index (χ0) is 16.7. The summed E-state index contributed by atoms with van der Waals surface area (Å²) in [5.74, 6) is 0.496. The molecule has 0 heterocycles. The molecule has 0 aromatic heterocycles. The summed E-state index contributed by atoms with van der Waals surface area (Å²) in [5, 5.41) is 7.16. The molecule has 0 aliphatic heterocycles. The van der Waals surface area contributed by atoms with Gasteiger partial charge in [0.05, 0.1) is 13.3 Å². The number of anilines is 1. The second-order valence-electron chi connectivity index (χ2n) is 5.16. The molecule has 2 aromatic carbocycles. The van der Waals surface area contributed by atoms with Crippen molar-refractivity contribution in [3.05, 3.63) is 59.7 Å². The first-order chi connectivity index (χ1) is 11.1. The van der Waals surface area contributed by atoms with Crippen LogP contribution in [0, 0.1) is 6.92 Å². The molecule has 23 heavy (non-hydrogen) atoms. The van der Waals surface area contributed by atoms with Gasteiger partial charge >= 0.3 is 0 Å². The van der Waals surface area contributed by atoms with Crippen molar-refractivity contribution in [1.29, 1.82) is 0 Å². The number of nitrogens with zero attached hydrogens (tertiary/aromatic N) is 1. The minimum atomic E-state index is -0.397. The van der Waals surface area contributed by atoms with E-state index in [0.717, 1.165) is 16.8 Å². The van der Waals surface area contributed by atoms with E-state index in [4.69, 9.17) is 4.74 Å². The SMILES string of the molecule is COc1ccccc1/C=N\NC(=O)[C@@H](C)Nc1ccccc1C. The molecule has 0 saturated carbocycles. The molecular weight excluding hydrogens is 290 g/mol. The third kappa shape index (κ3) is 4.57. The van der Waals surface area contributed by atoms with Crippen LogP contribution in [0.3, 0.4) is 0 Å². The Morgan fingerprint density at radius 3 is 2.61 bits per heavy atom. The van der Waals surface area contributed by atoms with Gasteiger partial charge in [-0.3, -0.25) is 4.79 Å². The Labute approximate surface area is 136 Å². The van der Waals surface area contributed by atoms with Gasteiger partial charge in [0, 0.05) is 11.3 Å². The fourth-order valence-corrected chi connectivity index (χ4v) is 2.07. The number of hydrogen-bond donors (Lipinski definition) is 2. The fourth-order valence-electron chi connectivity index (χ4n) is 2.07. The number of ether oxygens (including phenoxy) is 1. The van der Waals surface area contributed by atoms with Crippen molar-refractivity contribution >= 4 is 17.8 Å². The number of hydrogen-bond acceptors (Lipinski definition) is 4. The lowest BCUT2D eigenvalue weighted by Crippen LogP contribution is -2.35. The second-order valence-corrected chi connectivity index (χ2v) is 5.16. The molecule has 0 unspecified atom stereocenters. The molecule has 2 aromatic rings. The smallest absolute Gasteiger partial charge is 0.262 e. The number of carbonyl (C=O) groups is 1. The predicted molar refractivity (Wildman–Crippen MR) is 93.0 cm³/mol. The number of para-hydroxylation sites is 2. The Morgan fingerprint density at radius 2 is 1.87 bits per heavy atom. The zero-order valence-electron chi connectivity index (χ0n) is 13.5. The lowest BCUT2D eigenvalue weighted by atomic mass is 10.2. The Balaban J connectivity index is 1.94. The minimum absolute atomic E-state index is 0.209. The number of carbonyl (C=O) groups excluding carboxylic acids is 1. The van der Waals surface area contributed by atoms with Crippen molar-refractivity contribution in [2.75, 3.05) is 12.4 Å². The van der Waals surface area contributed by atoms with Gasteiger partial charge in [-0.05, 0) is 37.6 Å². The van der Waals surface area contributed by atoms with Gasteiger partial charge in [-0.25, -0.2) is 5.43 Å². The monoisotopic (exact) mass is 311 g/mol. The van der Waals surface area contributed by atoms with E-state index in [0.29, 0.717) is 5.75 Å². The summed E-state index contributed by atoms with van der Waals surface area (Å²) >= 11 is 0. The molecule has 5 heteroatoms. The highest BCUT2D eigenvalue weighted by Gasteiger charge is 2.12. The van der Waals surface area contributed by atoms with Gasteiger partial charge in [-0.1, -0.05) is 30.3 Å². The Morgan fingerprint density at radius 1 is 1.17 bits per heavy atom. The van der Waals surface area contributed by atoms with E-state index in [1.807, 2.05) is 55.5 Å². The van der Waals surface area contributed by atoms with Crippen LogP contribution in [-0.4, -0.2) is 25.3 Å².